The zero-order chi connectivity index (χ0) is 12.6. The molecular weight excluding hydrogens is 250 g/mol. The third-order valence-corrected chi connectivity index (χ3v) is 4.64. The van der Waals surface area contributed by atoms with Crippen molar-refractivity contribution in [3.05, 3.63) is 45.8 Å². The normalized spacial score (nSPS) is 11.8. The van der Waals surface area contributed by atoms with Crippen LogP contribution in [0.1, 0.15) is 24.3 Å². The Kier molecular flexibility index (Phi) is 3.30. The molecule has 0 aliphatic carbocycles. The van der Waals surface area contributed by atoms with Crippen LogP contribution in [0.3, 0.4) is 0 Å². The summed E-state index contributed by atoms with van der Waals surface area (Å²) in [4.78, 5) is 2.41. The average molecular weight is 266 g/mol. The van der Waals surface area contributed by atoms with Crippen LogP contribution in [0.15, 0.2) is 30.3 Å². The van der Waals surface area contributed by atoms with Crippen molar-refractivity contribution < 1.29 is 0 Å². The highest BCUT2D eigenvalue weighted by atomic mass is 35.5. The van der Waals surface area contributed by atoms with E-state index < -0.39 is 0 Å². The molecule has 90 valence electrons. The SMILES string of the molecule is Cc1c(Cl)cccc1-c1ccc(C(C)(C)N)s1. The van der Waals surface area contributed by atoms with E-state index in [1.807, 2.05) is 32.9 Å². The zero-order valence-electron chi connectivity index (χ0n) is 10.3. The molecule has 2 rings (SSSR count). The molecule has 0 saturated heterocycles. The predicted octanol–water partition coefficient (Wildman–Crippen LogP) is 4.57. The number of hydrogen-bond acceptors (Lipinski definition) is 2. The summed E-state index contributed by atoms with van der Waals surface area (Å²) in [6, 6.07) is 10.2. The van der Waals surface area contributed by atoms with Gasteiger partial charge in [0.2, 0.25) is 0 Å². The summed E-state index contributed by atoms with van der Waals surface area (Å²) >= 11 is 7.87. The smallest absolute Gasteiger partial charge is 0.0446 e. The van der Waals surface area contributed by atoms with Crippen molar-refractivity contribution >= 4 is 22.9 Å². The lowest BCUT2D eigenvalue weighted by Crippen LogP contribution is -2.27. The van der Waals surface area contributed by atoms with Crippen molar-refractivity contribution in [3.8, 4) is 10.4 Å². The zero-order valence-corrected chi connectivity index (χ0v) is 11.8. The van der Waals surface area contributed by atoms with Crippen molar-refractivity contribution in [2.75, 3.05) is 0 Å². The molecule has 1 aromatic heterocycles. The lowest BCUT2D eigenvalue weighted by molar-refractivity contribution is 0.567. The lowest BCUT2D eigenvalue weighted by atomic mass is 10.0. The number of nitrogens with two attached hydrogens (primary N) is 1. The summed E-state index contributed by atoms with van der Waals surface area (Å²) in [5.41, 5.74) is 8.13. The summed E-state index contributed by atoms with van der Waals surface area (Å²) in [5, 5.41) is 0.810. The number of benzene rings is 1. The van der Waals surface area contributed by atoms with Crippen molar-refractivity contribution in [2.24, 2.45) is 5.73 Å². The molecule has 0 aliphatic rings. The van der Waals surface area contributed by atoms with Crippen LogP contribution in [0.4, 0.5) is 0 Å². The lowest BCUT2D eigenvalue weighted by Gasteiger charge is -2.15. The van der Waals surface area contributed by atoms with E-state index in [1.165, 1.54) is 15.3 Å². The van der Waals surface area contributed by atoms with E-state index in [9.17, 15) is 0 Å². The summed E-state index contributed by atoms with van der Waals surface area (Å²) in [6.07, 6.45) is 0. The van der Waals surface area contributed by atoms with E-state index in [-0.39, 0.29) is 5.54 Å². The fraction of sp³-hybridized carbons (Fsp3) is 0.286. The first kappa shape index (κ1) is 12.6. The Labute approximate surface area is 111 Å². The highest BCUT2D eigenvalue weighted by Gasteiger charge is 2.17. The van der Waals surface area contributed by atoms with Gasteiger partial charge in [0.25, 0.3) is 0 Å². The van der Waals surface area contributed by atoms with Gasteiger partial charge < -0.3 is 5.73 Å². The third kappa shape index (κ3) is 2.54. The molecule has 1 heterocycles. The van der Waals surface area contributed by atoms with Crippen LogP contribution in [-0.2, 0) is 5.54 Å². The largest absolute Gasteiger partial charge is 0.321 e. The topological polar surface area (TPSA) is 26.0 Å². The molecule has 17 heavy (non-hydrogen) atoms. The molecule has 0 bridgehead atoms. The minimum absolute atomic E-state index is 0.282. The maximum absolute atomic E-state index is 6.14. The Morgan fingerprint density at radius 1 is 1.18 bits per heavy atom. The van der Waals surface area contributed by atoms with Crippen LogP contribution < -0.4 is 5.73 Å². The van der Waals surface area contributed by atoms with E-state index >= 15 is 0 Å². The fourth-order valence-corrected chi connectivity index (χ4v) is 2.98. The van der Waals surface area contributed by atoms with Crippen LogP contribution in [0.25, 0.3) is 10.4 Å². The molecule has 0 radical (unpaired) electrons. The van der Waals surface area contributed by atoms with Gasteiger partial charge in [0.1, 0.15) is 0 Å². The minimum Gasteiger partial charge on any atom is -0.321 e. The van der Waals surface area contributed by atoms with Gasteiger partial charge >= 0.3 is 0 Å². The average Bonchev–Trinajstić information content (AvgIpc) is 2.70. The second-order valence-corrected chi connectivity index (χ2v) is 6.29. The molecular formula is C14H16ClNS. The predicted molar refractivity (Wildman–Crippen MR) is 76.7 cm³/mol. The standard InChI is InChI=1S/C14H16ClNS/c1-9-10(5-4-6-11(9)15)12-7-8-13(17-12)14(2,3)16/h4-8H,16H2,1-3H3. The number of thiophene rings is 1. The van der Waals surface area contributed by atoms with Gasteiger partial charge in [-0.2, -0.15) is 0 Å². The highest BCUT2D eigenvalue weighted by molar-refractivity contribution is 7.15. The second kappa shape index (κ2) is 4.45. The van der Waals surface area contributed by atoms with Gasteiger partial charge in [-0.3, -0.25) is 0 Å². The quantitative estimate of drug-likeness (QED) is 0.846. The summed E-state index contributed by atoms with van der Waals surface area (Å²) in [6.45, 7) is 6.09. The number of halogens is 1. The molecule has 2 aromatic rings. The molecule has 0 spiro atoms. The molecule has 0 atom stereocenters. The first-order valence-corrected chi connectivity index (χ1v) is 6.74. The fourth-order valence-electron chi connectivity index (χ4n) is 1.70. The molecule has 0 amide bonds. The molecule has 0 unspecified atom stereocenters. The van der Waals surface area contributed by atoms with Crippen LogP contribution >= 0.6 is 22.9 Å². The summed E-state index contributed by atoms with van der Waals surface area (Å²) in [7, 11) is 0. The van der Waals surface area contributed by atoms with Gasteiger partial charge in [0, 0.05) is 20.3 Å². The van der Waals surface area contributed by atoms with Gasteiger partial charge in [0.05, 0.1) is 0 Å². The first-order valence-electron chi connectivity index (χ1n) is 5.54. The first-order chi connectivity index (χ1) is 7.89. The van der Waals surface area contributed by atoms with Crippen molar-refractivity contribution in [1.82, 2.24) is 0 Å². The van der Waals surface area contributed by atoms with Crippen LogP contribution in [-0.4, -0.2) is 0 Å². The van der Waals surface area contributed by atoms with E-state index in [0.717, 1.165) is 10.6 Å². The van der Waals surface area contributed by atoms with Gasteiger partial charge in [-0.25, -0.2) is 0 Å². The van der Waals surface area contributed by atoms with Crippen molar-refractivity contribution in [1.29, 1.82) is 0 Å². The van der Waals surface area contributed by atoms with Crippen LogP contribution in [0, 0.1) is 6.92 Å². The Balaban J connectivity index is 2.48. The molecule has 2 N–H and O–H groups in total. The molecule has 1 aromatic carbocycles. The van der Waals surface area contributed by atoms with E-state index in [0.29, 0.717) is 0 Å². The maximum atomic E-state index is 6.14. The third-order valence-electron chi connectivity index (χ3n) is 2.77. The Bertz CT molecular complexity index is 537. The minimum atomic E-state index is -0.282. The van der Waals surface area contributed by atoms with Crippen LogP contribution in [0.5, 0.6) is 0 Å². The summed E-state index contributed by atoms with van der Waals surface area (Å²) < 4.78 is 0. The van der Waals surface area contributed by atoms with E-state index in [4.69, 9.17) is 17.3 Å². The van der Waals surface area contributed by atoms with Gasteiger partial charge in [-0.15, -0.1) is 11.3 Å². The highest BCUT2D eigenvalue weighted by Crippen LogP contribution is 2.36. The molecule has 0 aliphatic heterocycles. The maximum Gasteiger partial charge on any atom is 0.0446 e. The van der Waals surface area contributed by atoms with E-state index in [1.54, 1.807) is 11.3 Å². The van der Waals surface area contributed by atoms with Crippen molar-refractivity contribution in [2.45, 2.75) is 26.3 Å². The molecule has 0 fully saturated rings. The molecule has 1 nitrogen and oxygen atoms in total. The monoisotopic (exact) mass is 265 g/mol. The van der Waals surface area contributed by atoms with Gasteiger partial charge in [-0.1, -0.05) is 23.7 Å². The van der Waals surface area contributed by atoms with Crippen LogP contribution in [0.2, 0.25) is 5.02 Å². The molecule has 3 heteroatoms. The molecule has 0 saturated carbocycles. The summed E-state index contributed by atoms with van der Waals surface area (Å²) in [5.74, 6) is 0. The van der Waals surface area contributed by atoms with Gasteiger partial charge in [0.15, 0.2) is 0 Å². The Morgan fingerprint density at radius 3 is 2.47 bits per heavy atom. The van der Waals surface area contributed by atoms with Gasteiger partial charge in [-0.05, 0) is 50.1 Å². The van der Waals surface area contributed by atoms with Crippen molar-refractivity contribution in [3.63, 3.8) is 0 Å². The Hall–Kier alpha value is -0.830. The second-order valence-electron chi connectivity index (χ2n) is 4.80. The number of hydrogen-bond donors (Lipinski definition) is 1. The number of rotatable bonds is 2. The van der Waals surface area contributed by atoms with E-state index in [2.05, 4.69) is 18.2 Å². The Morgan fingerprint density at radius 2 is 1.88 bits per heavy atom.